The third-order valence-electron chi connectivity index (χ3n) is 3.76. The van der Waals surface area contributed by atoms with Crippen LogP contribution < -0.4 is 10.1 Å². The lowest BCUT2D eigenvalue weighted by atomic mass is 9.90. The normalized spacial score (nSPS) is 15.9. The van der Waals surface area contributed by atoms with Crippen molar-refractivity contribution >= 4 is 5.97 Å². The van der Waals surface area contributed by atoms with Crippen molar-refractivity contribution in [3.8, 4) is 11.5 Å². The number of ether oxygens (including phenoxy) is 2. The zero-order chi connectivity index (χ0) is 14.5. The SMILES string of the molecule is COC(=O)c1cc(CC2CCNCC2)c(O)c(OC)c1. The van der Waals surface area contributed by atoms with Gasteiger partial charge in [0.2, 0.25) is 0 Å². The molecule has 0 bridgehead atoms. The molecule has 1 saturated heterocycles. The van der Waals surface area contributed by atoms with Crippen LogP contribution in [0.2, 0.25) is 0 Å². The third-order valence-corrected chi connectivity index (χ3v) is 3.76. The van der Waals surface area contributed by atoms with Crippen molar-refractivity contribution in [1.29, 1.82) is 0 Å². The highest BCUT2D eigenvalue weighted by Gasteiger charge is 2.20. The number of aromatic hydroxyl groups is 1. The number of hydrogen-bond acceptors (Lipinski definition) is 5. The second-order valence-electron chi connectivity index (χ2n) is 5.08. The van der Waals surface area contributed by atoms with Gasteiger partial charge in [0.15, 0.2) is 11.5 Å². The van der Waals surface area contributed by atoms with Gasteiger partial charge in [-0.2, -0.15) is 0 Å². The lowest BCUT2D eigenvalue weighted by Gasteiger charge is -2.23. The van der Waals surface area contributed by atoms with Crippen molar-refractivity contribution in [2.75, 3.05) is 27.3 Å². The minimum absolute atomic E-state index is 0.124. The maximum Gasteiger partial charge on any atom is 0.337 e. The Kier molecular flexibility index (Phi) is 4.84. The van der Waals surface area contributed by atoms with Gasteiger partial charge in [-0.15, -0.1) is 0 Å². The van der Waals surface area contributed by atoms with Crippen molar-refractivity contribution in [2.24, 2.45) is 5.92 Å². The molecule has 0 unspecified atom stereocenters. The first-order chi connectivity index (χ1) is 9.65. The van der Waals surface area contributed by atoms with Crippen molar-refractivity contribution in [3.05, 3.63) is 23.3 Å². The largest absolute Gasteiger partial charge is 0.504 e. The molecule has 0 saturated carbocycles. The summed E-state index contributed by atoms with van der Waals surface area (Å²) in [5, 5.41) is 13.5. The minimum atomic E-state index is -0.421. The predicted molar refractivity (Wildman–Crippen MR) is 75.3 cm³/mol. The van der Waals surface area contributed by atoms with Crippen molar-refractivity contribution in [1.82, 2.24) is 5.32 Å². The van der Waals surface area contributed by atoms with E-state index in [1.807, 2.05) is 0 Å². The lowest BCUT2D eigenvalue weighted by molar-refractivity contribution is 0.0600. The Bertz CT molecular complexity index is 481. The summed E-state index contributed by atoms with van der Waals surface area (Å²) in [6.45, 7) is 2.00. The fourth-order valence-electron chi connectivity index (χ4n) is 2.61. The fourth-order valence-corrected chi connectivity index (χ4v) is 2.61. The van der Waals surface area contributed by atoms with Crippen LogP contribution in [0, 0.1) is 5.92 Å². The van der Waals surface area contributed by atoms with Crippen molar-refractivity contribution in [2.45, 2.75) is 19.3 Å². The maximum absolute atomic E-state index is 11.7. The Morgan fingerprint density at radius 1 is 1.35 bits per heavy atom. The zero-order valence-electron chi connectivity index (χ0n) is 11.9. The van der Waals surface area contributed by atoms with E-state index < -0.39 is 5.97 Å². The summed E-state index contributed by atoms with van der Waals surface area (Å²) < 4.78 is 9.87. The van der Waals surface area contributed by atoms with E-state index in [0.29, 0.717) is 17.2 Å². The van der Waals surface area contributed by atoms with E-state index in [1.165, 1.54) is 20.3 Å². The van der Waals surface area contributed by atoms with Crippen LogP contribution in [0.15, 0.2) is 12.1 Å². The number of phenols is 1. The molecule has 0 aliphatic carbocycles. The number of piperidine rings is 1. The number of carbonyl (C=O) groups excluding carboxylic acids is 1. The summed E-state index contributed by atoms with van der Waals surface area (Å²) in [5.74, 6) is 0.533. The Hall–Kier alpha value is -1.75. The average molecular weight is 279 g/mol. The molecule has 1 aliphatic heterocycles. The van der Waals surface area contributed by atoms with Gasteiger partial charge in [0.25, 0.3) is 0 Å². The summed E-state index contributed by atoms with van der Waals surface area (Å²) >= 11 is 0. The molecule has 5 heteroatoms. The predicted octanol–water partition coefficient (Wildman–Crippen LogP) is 1.73. The molecule has 1 heterocycles. The molecule has 0 radical (unpaired) electrons. The maximum atomic E-state index is 11.7. The highest BCUT2D eigenvalue weighted by atomic mass is 16.5. The molecule has 0 spiro atoms. The molecule has 110 valence electrons. The smallest absolute Gasteiger partial charge is 0.337 e. The number of hydrogen-bond donors (Lipinski definition) is 2. The van der Waals surface area contributed by atoms with Crippen LogP contribution in [0.25, 0.3) is 0 Å². The second kappa shape index (κ2) is 6.61. The monoisotopic (exact) mass is 279 g/mol. The number of rotatable bonds is 4. The molecule has 1 aromatic carbocycles. The van der Waals surface area contributed by atoms with Crippen molar-refractivity contribution in [3.63, 3.8) is 0 Å². The van der Waals surface area contributed by atoms with E-state index in [1.54, 1.807) is 6.07 Å². The third kappa shape index (κ3) is 3.22. The van der Waals surface area contributed by atoms with Crippen LogP contribution >= 0.6 is 0 Å². The van der Waals surface area contributed by atoms with Crippen LogP contribution in [-0.4, -0.2) is 38.4 Å². The van der Waals surface area contributed by atoms with Crippen LogP contribution in [0.5, 0.6) is 11.5 Å². The summed E-state index contributed by atoms with van der Waals surface area (Å²) in [6, 6.07) is 3.21. The van der Waals surface area contributed by atoms with Gasteiger partial charge in [-0.3, -0.25) is 0 Å². The van der Waals surface area contributed by atoms with E-state index in [-0.39, 0.29) is 5.75 Å². The first-order valence-corrected chi connectivity index (χ1v) is 6.84. The first-order valence-electron chi connectivity index (χ1n) is 6.84. The Morgan fingerprint density at radius 2 is 2.05 bits per heavy atom. The molecule has 2 N–H and O–H groups in total. The average Bonchev–Trinajstić information content (AvgIpc) is 2.49. The zero-order valence-corrected chi connectivity index (χ0v) is 11.9. The number of carbonyl (C=O) groups is 1. The Morgan fingerprint density at radius 3 is 2.65 bits per heavy atom. The number of methoxy groups -OCH3 is 2. The summed E-state index contributed by atoms with van der Waals surface area (Å²) in [4.78, 5) is 11.7. The molecule has 0 aromatic heterocycles. The number of benzene rings is 1. The van der Waals surface area contributed by atoms with Crippen LogP contribution in [0.3, 0.4) is 0 Å². The molecule has 20 heavy (non-hydrogen) atoms. The highest BCUT2D eigenvalue weighted by Crippen LogP contribution is 2.34. The highest BCUT2D eigenvalue weighted by molar-refractivity contribution is 5.90. The number of nitrogens with one attached hydrogen (secondary N) is 1. The number of esters is 1. The lowest BCUT2D eigenvalue weighted by Crippen LogP contribution is -2.28. The molecular weight excluding hydrogens is 258 g/mol. The second-order valence-corrected chi connectivity index (χ2v) is 5.08. The van der Waals surface area contributed by atoms with Gasteiger partial charge in [-0.05, 0) is 56.0 Å². The molecule has 1 aliphatic rings. The van der Waals surface area contributed by atoms with Crippen LogP contribution in [0.4, 0.5) is 0 Å². The van der Waals surface area contributed by atoms with Gasteiger partial charge in [0, 0.05) is 0 Å². The molecule has 1 aromatic rings. The van der Waals surface area contributed by atoms with E-state index in [0.717, 1.165) is 37.9 Å². The van der Waals surface area contributed by atoms with Gasteiger partial charge < -0.3 is 19.9 Å². The van der Waals surface area contributed by atoms with E-state index in [4.69, 9.17) is 9.47 Å². The fraction of sp³-hybridized carbons (Fsp3) is 0.533. The van der Waals surface area contributed by atoms with Crippen LogP contribution in [0.1, 0.15) is 28.8 Å². The molecule has 5 nitrogen and oxygen atoms in total. The molecule has 2 rings (SSSR count). The molecule has 1 fully saturated rings. The van der Waals surface area contributed by atoms with Gasteiger partial charge in [-0.25, -0.2) is 4.79 Å². The standard InChI is InChI=1S/C15H21NO4/c1-19-13-9-12(15(18)20-2)8-11(14(13)17)7-10-3-5-16-6-4-10/h8-10,16-17H,3-7H2,1-2H3. The first kappa shape index (κ1) is 14.7. The summed E-state index contributed by atoms with van der Waals surface area (Å²) in [5.41, 5.74) is 1.16. The van der Waals surface area contributed by atoms with Gasteiger partial charge in [0.05, 0.1) is 19.8 Å². The Balaban J connectivity index is 2.27. The van der Waals surface area contributed by atoms with E-state index >= 15 is 0 Å². The van der Waals surface area contributed by atoms with Gasteiger partial charge in [0.1, 0.15) is 0 Å². The number of phenolic OH excluding ortho intramolecular Hbond substituents is 1. The topological polar surface area (TPSA) is 67.8 Å². The van der Waals surface area contributed by atoms with E-state index in [9.17, 15) is 9.90 Å². The molecule has 0 atom stereocenters. The Labute approximate surface area is 118 Å². The van der Waals surface area contributed by atoms with Gasteiger partial charge in [-0.1, -0.05) is 0 Å². The van der Waals surface area contributed by atoms with Gasteiger partial charge >= 0.3 is 5.97 Å². The van der Waals surface area contributed by atoms with Crippen molar-refractivity contribution < 1.29 is 19.4 Å². The summed E-state index contributed by atoms with van der Waals surface area (Å²) in [6.07, 6.45) is 2.89. The minimum Gasteiger partial charge on any atom is -0.504 e. The summed E-state index contributed by atoms with van der Waals surface area (Å²) in [7, 11) is 2.82. The molecular formula is C15H21NO4. The van der Waals surface area contributed by atoms with E-state index in [2.05, 4.69) is 5.32 Å². The molecule has 0 amide bonds. The van der Waals surface area contributed by atoms with Crippen LogP contribution in [-0.2, 0) is 11.2 Å². The quantitative estimate of drug-likeness (QED) is 0.822.